The Kier molecular flexibility index (Phi) is 4.94. The number of anilines is 4. The summed E-state index contributed by atoms with van der Waals surface area (Å²) in [6.07, 6.45) is 6.71. The zero-order chi connectivity index (χ0) is 21.5. The SMILES string of the molecule is Cc1cc(Nc2nccc(-c3ccc(N(C)C)nc3)n2)cnc1N1CC2CC1CN2C. The Balaban J connectivity index is 1.32. The molecule has 2 aliphatic rings. The Morgan fingerprint density at radius 2 is 1.90 bits per heavy atom. The molecule has 5 heterocycles. The largest absolute Gasteiger partial charge is 0.363 e. The highest BCUT2D eigenvalue weighted by Gasteiger charge is 2.42. The topological polar surface area (TPSA) is 73.3 Å². The highest BCUT2D eigenvalue weighted by molar-refractivity contribution is 5.64. The zero-order valence-electron chi connectivity index (χ0n) is 18.4. The lowest BCUT2D eigenvalue weighted by molar-refractivity contribution is 0.292. The van der Waals surface area contributed by atoms with E-state index >= 15 is 0 Å². The summed E-state index contributed by atoms with van der Waals surface area (Å²) in [5, 5.41) is 3.30. The number of hydrogen-bond acceptors (Lipinski definition) is 8. The van der Waals surface area contributed by atoms with Gasteiger partial charge in [0.2, 0.25) is 5.95 Å². The second-order valence-corrected chi connectivity index (χ2v) is 8.69. The molecule has 8 heteroatoms. The van der Waals surface area contributed by atoms with Crippen molar-refractivity contribution >= 4 is 23.3 Å². The van der Waals surface area contributed by atoms with Gasteiger partial charge in [0.15, 0.2) is 0 Å². The van der Waals surface area contributed by atoms with Gasteiger partial charge < -0.3 is 15.1 Å². The third kappa shape index (κ3) is 3.79. The molecule has 3 aromatic heterocycles. The molecule has 1 N–H and O–H groups in total. The molecular formula is C23H28N8. The molecule has 0 aliphatic carbocycles. The van der Waals surface area contributed by atoms with E-state index in [1.807, 2.05) is 49.6 Å². The molecular weight excluding hydrogens is 388 g/mol. The van der Waals surface area contributed by atoms with Gasteiger partial charge in [-0.2, -0.15) is 0 Å². The molecule has 2 aliphatic heterocycles. The molecule has 2 bridgehead atoms. The molecule has 2 fully saturated rings. The monoisotopic (exact) mass is 416 g/mol. The van der Waals surface area contributed by atoms with Gasteiger partial charge in [0.05, 0.1) is 17.6 Å². The quantitative estimate of drug-likeness (QED) is 0.681. The van der Waals surface area contributed by atoms with Crippen LogP contribution in [0, 0.1) is 6.92 Å². The number of nitrogens with zero attached hydrogens (tertiary/aromatic N) is 7. The second-order valence-electron chi connectivity index (χ2n) is 8.69. The van der Waals surface area contributed by atoms with Gasteiger partial charge in [-0.15, -0.1) is 0 Å². The lowest BCUT2D eigenvalue weighted by atomic mass is 10.2. The number of likely N-dealkylation sites (tertiary alicyclic amines) is 1. The van der Waals surface area contributed by atoms with E-state index in [2.05, 4.69) is 50.1 Å². The first-order valence-electron chi connectivity index (χ1n) is 10.7. The van der Waals surface area contributed by atoms with Crippen molar-refractivity contribution in [2.75, 3.05) is 49.3 Å². The van der Waals surface area contributed by atoms with Crippen molar-refractivity contribution < 1.29 is 0 Å². The molecule has 2 unspecified atom stereocenters. The van der Waals surface area contributed by atoms with Crippen LogP contribution in [0.5, 0.6) is 0 Å². The van der Waals surface area contributed by atoms with Crippen molar-refractivity contribution in [3.8, 4) is 11.3 Å². The van der Waals surface area contributed by atoms with E-state index in [0.717, 1.165) is 41.7 Å². The van der Waals surface area contributed by atoms with Gasteiger partial charge in [-0.3, -0.25) is 4.90 Å². The lowest BCUT2D eigenvalue weighted by Gasteiger charge is -2.33. The molecule has 0 amide bonds. The van der Waals surface area contributed by atoms with E-state index < -0.39 is 0 Å². The Morgan fingerprint density at radius 1 is 1.03 bits per heavy atom. The average Bonchev–Trinajstić information content (AvgIpc) is 3.34. The normalized spacial score (nSPS) is 20.3. The fourth-order valence-electron chi connectivity index (χ4n) is 4.57. The summed E-state index contributed by atoms with van der Waals surface area (Å²) in [7, 11) is 6.17. The van der Waals surface area contributed by atoms with Gasteiger partial charge >= 0.3 is 0 Å². The molecule has 8 nitrogen and oxygen atoms in total. The standard InChI is InChI=1S/C23H28N8/c1-15-9-17(12-26-22(15)31-14-18-10-19(31)13-30(18)4)27-23-24-8-7-20(28-23)16-5-6-21(25-11-16)29(2)3/h5-9,11-12,18-19H,10,13-14H2,1-4H3,(H,24,27,28). The first-order chi connectivity index (χ1) is 15.0. The Labute approximate surface area is 183 Å². The van der Waals surface area contributed by atoms with Crippen molar-refractivity contribution in [1.82, 2.24) is 24.8 Å². The number of fused-ring (bicyclic) bond motifs is 2. The number of nitrogens with one attached hydrogen (secondary N) is 1. The van der Waals surface area contributed by atoms with Crippen LogP contribution in [0.3, 0.4) is 0 Å². The predicted molar refractivity (Wildman–Crippen MR) is 124 cm³/mol. The molecule has 0 spiro atoms. The molecule has 0 radical (unpaired) electrons. The van der Waals surface area contributed by atoms with E-state index in [1.54, 1.807) is 6.20 Å². The van der Waals surface area contributed by atoms with Gasteiger partial charge in [-0.25, -0.2) is 19.9 Å². The summed E-state index contributed by atoms with van der Waals surface area (Å²) in [6, 6.07) is 9.26. The van der Waals surface area contributed by atoms with Crippen molar-refractivity contribution in [1.29, 1.82) is 0 Å². The number of likely N-dealkylation sites (N-methyl/N-ethyl adjacent to an activating group) is 1. The number of rotatable bonds is 5. The fraction of sp³-hybridized carbons (Fsp3) is 0.391. The maximum Gasteiger partial charge on any atom is 0.227 e. The maximum absolute atomic E-state index is 4.78. The molecule has 3 aromatic rings. The Bertz CT molecular complexity index is 1080. The van der Waals surface area contributed by atoms with Crippen LogP contribution in [-0.4, -0.2) is 71.2 Å². The van der Waals surface area contributed by atoms with E-state index in [1.165, 1.54) is 12.0 Å². The molecule has 2 saturated heterocycles. The van der Waals surface area contributed by atoms with E-state index in [0.29, 0.717) is 18.0 Å². The van der Waals surface area contributed by atoms with Crippen LogP contribution in [0.1, 0.15) is 12.0 Å². The van der Waals surface area contributed by atoms with Gasteiger partial charge in [-0.05, 0) is 50.2 Å². The van der Waals surface area contributed by atoms with Crippen molar-refractivity contribution in [2.24, 2.45) is 0 Å². The van der Waals surface area contributed by atoms with Crippen LogP contribution >= 0.6 is 0 Å². The minimum Gasteiger partial charge on any atom is -0.363 e. The molecule has 160 valence electrons. The number of hydrogen-bond donors (Lipinski definition) is 1. The minimum atomic E-state index is 0.546. The predicted octanol–water partition coefficient (Wildman–Crippen LogP) is 2.94. The van der Waals surface area contributed by atoms with E-state index in [9.17, 15) is 0 Å². The first kappa shape index (κ1) is 19.7. The minimum absolute atomic E-state index is 0.546. The van der Waals surface area contributed by atoms with Crippen LogP contribution in [0.15, 0.2) is 42.9 Å². The molecule has 2 atom stereocenters. The molecule has 0 aromatic carbocycles. The third-order valence-corrected chi connectivity index (χ3v) is 6.25. The van der Waals surface area contributed by atoms with Gasteiger partial charge in [0, 0.05) is 57.2 Å². The second kappa shape index (κ2) is 7.77. The van der Waals surface area contributed by atoms with Crippen molar-refractivity contribution in [3.05, 3.63) is 48.4 Å². The summed E-state index contributed by atoms with van der Waals surface area (Å²) in [4.78, 5) is 25.2. The van der Waals surface area contributed by atoms with Crippen molar-refractivity contribution in [2.45, 2.75) is 25.4 Å². The number of piperazine rings is 1. The lowest BCUT2D eigenvalue weighted by Crippen LogP contribution is -2.45. The van der Waals surface area contributed by atoms with Crippen LogP contribution < -0.4 is 15.1 Å². The van der Waals surface area contributed by atoms with Gasteiger partial charge in [-0.1, -0.05) is 0 Å². The van der Waals surface area contributed by atoms with Crippen LogP contribution in [0.2, 0.25) is 0 Å². The van der Waals surface area contributed by atoms with E-state index in [-0.39, 0.29) is 0 Å². The summed E-state index contributed by atoms with van der Waals surface area (Å²) >= 11 is 0. The summed E-state index contributed by atoms with van der Waals surface area (Å²) in [5.74, 6) is 2.55. The van der Waals surface area contributed by atoms with Gasteiger partial charge in [0.1, 0.15) is 11.6 Å². The van der Waals surface area contributed by atoms with Crippen LogP contribution in [0.25, 0.3) is 11.3 Å². The van der Waals surface area contributed by atoms with Crippen molar-refractivity contribution in [3.63, 3.8) is 0 Å². The van der Waals surface area contributed by atoms with Gasteiger partial charge in [0.25, 0.3) is 0 Å². The Hall–Kier alpha value is -3.26. The Morgan fingerprint density at radius 3 is 2.55 bits per heavy atom. The summed E-state index contributed by atoms with van der Waals surface area (Å²) in [5.41, 5.74) is 3.84. The third-order valence-electron chi connectivity index (χ3n) is 6.25. The summed E-state index contributed by atoms with van der Waals surface area (Å²) in [6.45, 7) is 4.31. The number of aromatic nitrogens is 4. The average molecular weight is 417 g/mol. The van der Waals surface area contributed by atoms with Crippen LogP contribution in [-0.2, 0) is 0 Å². The fourth-order valence-corrected chi connectivity index (χ4v) is 4.57. The van der Waals surface area contributed by atoms with E-state index in [4.69, 9.17) is 4.98 Å². The van der Waals surface area contributed by atoms with Crippen LogP contribution in [0.4, 0.5) is 23.3 Å². The zero-order valence-corrected chi connectivity index (χ0v) is 18.4. The number of pyridine rings is 2. The maximum atomic E-state index is 4.78. The molecule has 5 rings (SSSR count). The summed E-state index contributed by atoms with van der Waals surface area (Å²) < 4.78 is 0. The molecule has 0 saturated carbocycles. The first-order valence-corrected chi connectivity index (χ1v) is 10.7. The molecule has 31 heavy (non-hydrogen) atoms. The highest BCUT2D eigenvalue weighted by Crippen LogP contribution is 2.34. The highest BCUT2D eigenvalue weighted by atomic mass is 15.4. The smallest absolute Gasteiger partial charge is 0.227 e. The number of aryl methyl sites for hydroxylation is 1.